The smallest absolute Gasteiger partial charge is 0.252 e. The van der Waals surface area contributed by atoms with Crippen LogP contribution in [-0.2, 0) is 10.0 Å². The molecule has 1 unspecified atom stereocenters. The van der Waals surface area contributed by atoms with Crippen LogP contribution < -0.4 is 5.32 Å². The molecule has 152 valence electrons. The molecule has 1 amide bonds. The average Bonchev–Trinajstić information content (AvgIpc) is 3.25. The molecule has 2 heterocycles. The topological polar surface area (TPSA) is 66.5 Å². The van der Waals surface area contributed by atoms with E-state index in [-0.39, 0.29) is 11.9 Å². The summed E-state index contributed by atoms with van der Waals surface area (Å²) >= 11 is 2.90. The van der Waals surface area contributed by atoms with Crippen molar-refractivity contribution in [1.82, 2.24) is 9.62 Å². The highest BCUT2D eigenvalue weighted by atomic mass is 32.2. The van der Waals surface area contributed by atoms with Crippen molar-refractivity contribution in [2.75, 3.05) is 18.8 Å². The largest absolute Gasteiger partial charge is 0.352 e. The molecule has 2 aromatic rings. The van der Waals surface area contributed by atoms with Gasteiger partial charge in [0.05, 0.1) is 5.56 Å². The highest BCUT2D eigenvalue weighted by Gasteiger charge is 2.33. The van der Waals surface area contributed by atoms with E-state index in [0.29, 0.717) is 29.3 Å². The van der Waals surface area contributed by atoms with Gasteiger partial charge in [-0.25, -0.2) is 8.42 Å². The summed E-state index contributed by atoms with van der Waals surface area (Å²) in [6.07, 6.45) is 3.36. The van der Waals surface area contributed by atoms with Crippen LogP contribution in [0.2, 0.25) is 0 Å². The van der Waals surface area contributed by atoms with Gasteiger partial charge in [-0.2, -0.15) is 4.31 Å². The normalized spacial score (nSPS) is 18.1. The molecule has 28 heavy (non-hydrogen) atoms. The van der Waals surface area contributed by atoms with Gasteiger partial charge >= 0.3 is 0 Å². The number of carbonyl (C=O) groups excluding carboxylic acids is 1. The van der Waals surface area contributed by atoms with E-state index in [0.717, 1.165) is 29.9 Å². The zero-order valence-electron chi connectivity index (χ0n) is 16.0. The molecule has 0 aliphatic carbocycles. The van der Waals surface area contributed by atoms with Crippen molar-refractivity contribution in [3.05, 3.63) is 47.3 Å². The summed E-state index contributed by atoms with van der Waals surface area (Å²) in [7, 11) is -3.45. The monoisotopic (exact) mass is 438 g/mol. The predicted octanol–water partition coefficient (Wildman–Crippen LogP) is 4.22. The highest BCUT2D eigenvalue weighted by molar-refractivity contribution is 7.99. The molecule has 1 aromatic carbocycles. The first-order valence-electron chi connectivity index (χ1n) is 9.59. The Bertz CT molecular complexity index is 882. The molecule has 1 aromatic heterocycles. The molecule has 0 bridgehead atoms. The Morgan fingerprint density at radius 3 is 2.82 bits per heavy atom. The van der Waals surface area contributed by atoms with E-state index in [2.05, 4.69) is 12.2 Å². The molecule has 1 saturated heterocycles. The van der Waals surface area contributed by atoms with Crippen LogP contribution in [0.25, 0.3) is 0 Å². The minimum atomic E-state index is -3.45. The third kappa shape index (κ3) is 4.97. The molecule has 1 atom stereocenters. The summed E-state index contributed by atoms with van der Waals surface area (Å²) in [5.41, 5.74) is 0.682. The molecule has 1 N–H and O–H groups in total. The quantitative estimate of drug-likeness (QED) is 0.627. The lowest BCUT2D eigenvalue weighted by Crippen LogP contribution is -2.45. The van der Waals surface area contributed by atoms with Crippen molar-refractivity contribution < 1.29 is 13.2 Å². The Morgan fingerprint density at radius 1 is 1.25 bits per heavy atom. The number of hydrogen-bond acceptors (Lipinski definition) is 5. The molecule has 0 saturated carbocycles. The van der Waals surface area contributed by atoms with Crippen LogP contribution in [0.15, 0.2) is 50.9 Å². The Balaban J connectivity index is 1.62. The summed E-state index contributed by atoms with van der Waals surface area (Å²) in [6.45, 7) is 3.07. The van der Waals surface area contributed by atoms with E-state index in [1.54, 1.807) is 33.6 Å². The SMILES string of the molecule is CCSc1ccccc1C(=O)NCCC1CCCCN1S(=O)(=O)c1cccs1. The Hall–Kier alpha value is -1.35. The van der Waals surface area contributed by atoms with E-state index < -0.39 is 10.0 Å². The highest BCUT2D eigenvalue weighted by Crippen LogP contribution is 2.29. The molecule has 5 nitrogen and oxygen atoms in total. The first-order valence-corrected chi connectivity index (χ1v) is 12.9. The van der Waals surface area contributed by atoms with Gasteiger partial charge in [-0.1, -0.05) is 31.5 Å². The van der Waals surface area contributed by atoms with Crippen molar-refractivity contribution in [1.29, 1.82) is 0 Å². The van der Waals surface area contributed by atoms with Crippen molar-refractivity contribution in [2.24, 2.45) is 0 Å². The number of nitrogens with one attached hydrogen (secondary N) is 1. The van der Waals surface area contributed by atoms with Gasteiger partial charge in [-0.05, 0) is 48.6 Å². The van der Waals surface area contributed by atoms with Crippen LogP contribution in [-0.4, -0.2) is 43.5 Å². The number of benzene rings is 1. The summed E-state index contributed by atoms with van der Waals surface area (Å²) in [5, 5.41) is 4.77. The number of nitrogens with zero attached hydrogens (tertiary/aromatic N) is 1. The predicted molar refractivity (Wildman–Crippen MR) is 116 cm³/mol. The summed E-state index contributed by atoms with van der Waals surface area (Å²) in [4.78, 5) is 13.6. The number of amides is 1. The van der Waals surface area contributed by atoms with Gasteiger partial charge in [0.25, 0.3) is 15.9 Å². The maximum atomic E-state index is 12.9. The Kier molecular flexibility index (Phi) is 7.56. The Labute approximate surface area is 175 Å². The second-order valence-corrected chi connectivity index (χ2v) is 11.0. The fourth-order valence-corrected chi connectivity index (χ4v) is 7.13. The maximum Gasteiger partial charge on any atom is 0.252 e. The number of rotatable bonds is 8. The van der Waals surface area contributed by atoms with Gasteiger partial charge in [0.1, 0.15) is 4.21 Å². The van der Waals surface area contributed by atoms with Crippen LogP contribution in [0, 0.1) is 0 Å². The molecule has 8 heteroatoms. The summed E-state index contributed by atoms with van der Waals surface area (Å²) in [6, 6.07) is 11.0. The fourth-order valence-electron chi connectivity index (χ4n) is 3.49. The minimum absolute atomic E-state index is 0.0681. The fraction of sp³-hybridized carbons (Fsp3) is 0.450. The summed E-state index contributed by atoms with van der Waals surface area (Å²) < 4.78 is 27.9. The van der Waals surface area contributed by atoms with E-state index in [1.165, 1.54) is 11.3 Å². The van der Waals surface area contributed by atoms with Crippen LogP contribution in [0.5, 0.6) is 0 Å². The molecular weight excluding hydrogens is 412 g/mol. The average molecular weight is 439 g/mol. The summed E-state index contributed by atoms with van der Waals surface area (Å²) in [5.74, 6) is 0.807. The second kappa shape index (κ2) is 9.91. The van der Waals surface area contributed by atoms with E-state index >= 15 is 0 Å². The zero-order chi connectivity index (χ0) is 20.0. The van der Waals surface area contributed by atoms with Crippen LogP contribution >= 0.6 is 23.1 Å². The molecule has 0 radical (unpaired) electrons. The maximum absolute atomic E-state index is 12.9. The van der Waals surface area contributed by atoms with Crippen LogP contribution in [0.3, 0.4) is 0 Å². The Morgan fingerprint density at radius 2 is 2.07 bits per heavy atom. The molecule has 0 spiro atoms. The molecular formula is C20H26N2O3S3. The van der Waals surface area contributed by atoms with Gasteiger partial charge < -0.3 is 5.32 Å². The van der Waals surface area contributed by atoms with E-state index in [4.69, 9.17) is 0 Å². The molecule has 1 fully saturated rings. The van der Waals surface area contributed by atoms with Crippen molar-refractivity contribution in [3.8, 4) is 0 Å². The van der Waals surface area contributed by atoms with Crippen molar-refractivity contribution in [2.45, 2.75) is 47.8 Å². The standard InChI is InChI=1S/C20H26N2O3S3/c1-2-26-18-10-4-3-9-17(18)20(23)21-13-12-16-8-5-6-14-22(16)28(24,25)19-11-7-15-27-19/h3-4,7,9-11,15-16H,2,5-6,8,12-14H2,1H3,(H,21,23). The number of thioether (sulfide) groups is 1. The first kappa shape index (κ1) is 21.4. The van der Waals surface area contributed by atoms with Gasteiger partial charge in [0.15, 0.2) is 0 Å². The first-order chi connectivity index (χ1) is 13.5. The number of thiophene rings is 1. The zero-order valence-corrected chi connectivity index (χ0v) is 18.4. The third-order valence-electron chi connectivity index (χ3n) is 4.83. The van der Waals surface area contributed by atoms with Crippen LogP contribution in [0.4, 0.5) is 0 Å². The second-order valence-electron chi connectivity index (χ2n) is 6.67. The number of hydrogen-bond donors (Lipinski definition) is 1. The van der Waals surface area contributed by atoms with Gasteiger partial charge in [0.2, 0.25) is 0 Å². The van der Waals surface area contributed by atoms with E-state index in [1.807, 2.05) is 24.3 Å². The molecule has 3 rings (SSSR count). The number of carbonyl (C=O) groups is 1. The van der Waals surface area contributed by atoms with Crippen LogP contribution in [0.1, 0.15) is 43.0 Å². The molecule has 1 aliphatic rings. The lowest BCUT2D eigenvalue weighted by atomic mass is 10.0. The minimum Gasteiger partial charge on any atom is -0.352 e. The third-order valence-corrected chi connectivity index (χ3v) is 9.11. The van der Waals surface area contributed by atoms with Crippen molar-refractivity contribution in [3.63, 3.8) is 0 Å². The lowest BCUT2D eigenvalue weighted by Gasteiger charge is -2.34. The number of sulfonamides is 1. The van der Waals surface area contributed by atoms with Crippen molar-refractivity contribution >= 4 is 39.0 Å². The van der Waals surface area contributed by atoms with Gasteiger partial charge in [-0.15, -0.1) is 23.1 Å². The molecule has 1 aliphatic heterocycles. The van der Waals surface area contributed by atoms with E-state index in [9.17, 15) is 13.2 Å². The van der Waals surface area contributed by atoms with Gasteiger partial charge in [-0.3, -0.25) is 4.79 Å². The lowest BCUT2D eigenvalue weighted by molar-refractivity contribution is 0.0946. The number of piperidine rings is 1. The van der Waals surface area contributed by atoms with Gasteiger partial charge in [0, 0.05) is 24.0 Å².